The van der Waals surface area contributed by atoms with E-state index in [1.165, 1.54) is 34.2 Å². The smallest absolute Gasteiger partial charge is 0.251 e. The molecule has 0 radical (unpaired) electrons. The van der Waals surface area contributed by atoms with Crippen LogP contribution < -0.4 is 5.32 Å². The average Bonchev–Trinajstić information content (AvgIpc) is 3.42. The number of benzene rings is 3. The standard InChI is InChI=1S/C30H30FN3O2/c1-36-28-27(33-29(35)20-7-6-8-22(31)17-20)24-10-2-4-11-25(24)30(28)13-15-34(16-14-30)19-21-18-32-26-12-5-3-9-23(21)26/h2-12,17-18,27-28,32H,13-16,19H2,1H3,(H,33,35)/t27-,28+/m1/s1. The van der Waals surface area contributed by atoms with Gasteiger partial charge in [-0.3, -0.25) is 9.69 Å². The number of hydrogen-bond donors (Lipinski definition) is 2. The van der Waals surface area contributed by atoms with Gasteiger partial charge >= 0.3 is 0 Å². The van der Waals surface area contributed by atoms with Gasteiger partial charge in [-0.05, 0) is 66.9 Å². The summed E-state index contributed by atoms with van der Waals surface area (Å²) >= 11 is 0. The lowest BCUT2D eigenvalue weighted by atomic mass is 9.71. The van der Waals surface area contributed by atoms with Crippen molar-refractivity contribution in [2.24, 2.45) is 0 Å². The number of fused-ring (bicyclic) bond motifs is 3. The van der Waals surface area contributed by atoms with Crippen LogP contribution in [0.25, 0.3) is 10.9 Å². The van der Waals surface area contributed by atoms with E-state index >= 15 is 0 Å². The summed E-state index contributed by atoms with van der Waals surface area (Å²) in [4.78, 5) is 19.0. The second-order valence-corrected chi connectivity index (χ2v) is 10.00. The Balaban J connectivity index is 1.24. The number of carbonyl (C=O) groups excluding carboxylic acids is 1. The third-order valence-corrected chi connectivity index (χ3v) is 8.12. The summed E-state index contributed by atoms with van der Waals surface area (Å²) in [5, 5.41) is 4.45. The minimum atomic E-state index is -0.420. The number of nitrogens with zero attached hydrogens (tertiary/aromatic N) is 1. The summed E-state index contributed by atoms with van der Waals surface area (Å²) in [5.74, 6) is -0.706. The Morgan fingerprint density at radius 1 is 1.08 bits per heavy atom. The van der Waals surface area contributed by atoms with Crippen molar-refractivity contribution in [3.63, 3.8) is 0 Å². The Bertz CT molecular complexity index is 1410. The first-order chi connectivity index (χ1) is 17.6. The van der Waals surface area contributed by atoms with Gasteiger partial charge in [-0.15, -0.1) is 0 Å². The highest BCUT2D eigenvalue weighted by molar-refractivity contribution is 5.94. The van der Waals surface area contributed by atoms with E-state index in [2.05, 4.69) is 63.9 Å². The number of likely N-dealkylation sites (tertiary alicyclic amines) is 1. The predicted molar refractivity (Wildman–Crippen MR) is 138 cm³/mol. The van der Waals surface area contributed by atoms with Crippen molar-refractivity contribution in [2.75, 3.05) is 20.2 Å². The molecule has 1 amide bonds. The average molecular weight is 484 g/mol. The van der Waals surface area contributed by atoms with Crippen molar-refractivity contribution >= 4 is 16.8 Å². The van der Waals surface area contributed by atoms with E-state index < -0.39 is 5.82 Å². The maximum atomic E-state index is 13.8. The molecule has 3 aromatic carbocycles. The summed E-state index contributed by atoms with van der Waals surface area (Å²) in [6.07, 6.45) is 3.81. The molecule has 1 spiro atoms. The Morgan fingerprint density at radius 2 is 1.86 bits per heavy atom. The number of para-hydroxylation sites is 1. The topological polar surface area (TPSA) is 57.4 Å². The number of H-pyrrole nitrogens is 1. The van der Waals surface area contributed by atoms with Crippen LogP contribution in [0.3, 0.4) is 0 Å². The van der Waals surface area contributed by atoms with Crippen molar-refractivity contribution in [1.82, 2.24) is 15.2 Å². The largest absolute Gasteiger partial charge is 0.378 e. The zero-order valence-corrected chi connectivity index (χ0v) is 20.3. The maximum Gasteiger partial charge on any atom is 0.251 e. The number of ether oxygens (including phenoxy) is 1. The lowest BCUT2D eigenvalue weighted by Crippen LogP contribution is -2.50. The van der Waals surface area contributed by atoms with Gasteiger partial charge in [0.1, 0.15) is 5.82 Å². The maximum absolute atomic E-state index is 13.8. The highest BCUT2D eigenvalue weighted by Gasteiger charge is 2.54. The number of aromatic nitrogens is 1. The van der Waals surface area contributed by atoms with Gasteiger partial charge in [-0.2, -0.15) is 0 Å². The van der Waals surface area contributed by atoms with Gasteiger partial charge < -0.3 is 15.0 Å². The van der Waals surface area contributed by atoms with Gasteiger partial charge in [0.05, 0.1) is 12.1 Å². The fourth-order valence-corrected chi connectivity index (χ4v) is 6.39. The van der Waals surface area contributed by atoms with Crippen LogP contribution in [0.2, 0.25) is 0 Å². The molecule has 0 bridgehead atoms. The number of rotatable bonds is 5. The third-order valence-electron chi connectivity index (χ3n) is 8.12. The molecule has 0 saturated carbocycles. The van der Waals surface area contributed by atoms with Gasteiger partial charge in [-0.25, -0.2) is 4.39 Å². The number of nitrogens with one attached hydrogen (secondary N) is 2. The Kier molecular flexibility index (Phi) is 5.86. The van der Waals surface area contributed by atoms with E-state index in [-0.39, 0.29) is 23.5 Å². The summed E-state index contributed by atoms with van der Waals surface area (Å²) in [6, 6.07) is 22.3. The molecular weight excluding hydrogens is 453 g/mol. The molecule has 1 aromatic heterocycles. The van der Waals surface area contributed by atoms with Crippen LogP contribution in [0.15, 0.2) is 79.0 Å². The molecule has 6 heteroatoms. The number of amides is 1. The minimum absolute atomic E-state index is 0.179. The fraction of sp³-hybridized carbons (Fsp3) is 0.300. The van der Waals surface area contributed by atoms with E-state index in [1.54, 1.807) is 19.2 Å². The van der Waals surface area contributed by atoms with E-state index in [0.29, 0.717) is 5.56 Å². The zero-order chi connectivity index (χ0) is 24.7. The SMILES string of the molecule is CO[C@H]1[C@H](NC(=O)c2cccc(F)c2)c2ccccc2C12CCN(Cc1c[nH]c3ccccc13)CC2. The van der Waals surface area contributed by atoms with Crippen LogP contribution in [0.5, 0.6) is 0 Å². The molecule has 2 N–H and O–H groups in total. The van der Waals surface area contributed by atoms with Gasteiger partial charge in [0, 0.05) is 41.7 Å². The van der Waals surface area contributed by atoms with Crippen LogP contribution in [-0.4, -0.2) is 42.1 Å². The number of hydrogen-bond acceptors (Lipinski definition) is 3. The molecule has 6 rings (SSSR count). The van der Waals surface area contributed by atoms with Crippen molar-refractivity contribution in [3.05, 3.63) is 107 Å². The van der Waals surface area contributed by atoms with Crippen LogP contribution in [0, 0.1) is 5.82 Å². The van der Waals surface area contributed by atoms with Crippen molar-refractivity contribution in [2.45, 2.75) is 36.9 Å². The fourth-order valence-electron chi connectivity index (χ4n) is 6.39. The second-order valence-electron chi connectivity index (χ2n) is 10.00. The number of carbonyl (C=O) groups is 1. The number of piperidine rings is 1. The lowest BCUT2D eigenvalue weighted by Gasteiger charge is -2.44. The number of halogens is 1. The molecule has 184 valence electrons. The molecule has 2 atom stereocenters. The monoisotopic (exact) mass is 483 g/mol. The normalized spacial score (nSPS) is 21.1. The minimum Gasteiger partial charge on any atom is -0.378 e. The van der Waals surface area contributed by atoms with Crippen molar-refractivity contribution in [1.29, 1.82) is 0 Å². The van der Waals surface area contributed by atoms with Crippen molar-refractivity contribution in [3.8, 4) is 0 Å². The van der Waals surface area contributed by atoms with Crippen LogP contribution in [0.4, 0.5) is 4.39 Å². The Hall–Kier alpha value is -3.48. The van der Waals surface area contributed by atoms with Gasteiger partial charge in [0.2, 0.25) is 0 Å². The van der Waals surface area contributed by atoms with Crippen LogP contribution in [0.1, 0.15) is 45.9 Å². The molecular formula is C30H30FN3O2. The molecule has 2 heterocycles. The highest BCUT2D eigenvalue weighted by Crippen LogP contribution is 2.52. The Labute approximate surface area is 210 Å². The third kappa shape index (κ3) is 3.81. The Morgan fingerprint density at radius 3 is 2.67 bits per heavy atom. The molecule has 0 unspecified atom stereocenters. The second kappa shape index (κ2) is 9.19. The first-order valence-corrected chi connectivity index (χ1v) is 12.5. The van der Waals surface area contributed by atoms with Crippen LogP contribution in [-0.2, 0) is 16.7 Å². The molecule has 36 heavy (non-hydrogen) atoms. The molecule has 1 fully saturated rings. The van der Waals surface area contributed by atoms with Gasteiger partial charge in [0.25, 0.3) is 5.91 Å². The summed E-state index contributed by atoms with van der Waals surface area (Å²) in [6.45, 7) is 2.79. The van der Waals surface area contributed by atoms with Gasteiger partial charge in [0.15, 0.2) is 0 Å². The van der Waals surface area contributed by atoms with Gasteiger partial charge in [-0.1, -0.05) is 48.5 Å². The highest BCUT2D eigenvalue weighted by atomic mass is 19.1. The molecule has 2 aliphatic rings. The van der Waals surface area contributed by atoms with Crippen molar-refractivity contribution < 1.29 is 13.9 Å². The summed E-state index contributed by atoms with van der Waals surface area (Å²) < 4.78 is 19.9. The lowest BCUT2D eigenvalue weighted by molar-refractivity contribution is -0.0121. The number of methoxy groups -OCH3 is 1. The van der Waals surface area contributed by atoms with E-state index in [9.17, 15) is 9.18 Å². The number of aromatic amines is 1. The van der Waals surface area contributed by atoms with E-state index in [1.807, 2.05) is 6.07 Å². The van der Waals surface area contributed by atoms with E-state index in [4.69, 9.17) is 4.74 Å². The molecule has 1 saturated heterocycles. The first-order valence-electron chi connectivity index (χ1n) is 12.5. The quantitative estimate of drug-likeness (QED) is 0.403. The van der Waals surface area contributed by atoms with E-state index in [0.717, 1.165) is 38.0 Å². The summed E-state index contributed by atoms with van der Waals surface area (Å²) in [5.41, 5.74) is 4.98. The zero-order valence-electron chi connectivity index (χ0n) is 20.3. The first kappa shape index (κ1) is 23.0. The molecule has 5 nitrogen and oxygen atoms in total. The molecule has 1 aliphatic heterocycles. The molecule has 4 aromatic rings. The van der Waals surface area contributed by atoms with Crippen LogP contribution >= 0.6 is 0 Å². The molecule has 1 aliphatic carbocycles. The summed E-state index contributed by atoms with van der Waals surface area (Å²) in [7, 11) is 1.73. The predicted octanol–water partition coefficient (Wildman–Crippen LogP) is 5.34.